The van der Waals surface area contributed by atoms with Crippen molar-refractivity contribution in [1.82, 2.24) is 9.88 Å². The van der Waals surface area contributed by atoms with Crippen LogP contribution in [0.5, 0.6) is 0 Å². The van der Waals surface area contributed by atoms with Crippen LogP contribution in [0.2, 0.25) is 0 Å². The second-order valence-corrected chi connectivity index (χ2v) is 5.81. The van der Waals surface area contributed by atoms with Gasteiger partial charge in [-0.3, -0.25) is 9.88 Å². The molecule has 0 amide bonds. The number of piperazine rings is 1. The number of benzene rings is 1. The second-order valence-electron chi connectivity index (χ2n) is 5.81. The van der Waals surface area contributed by atoms with E-state index in [9.17, 15) is 4.39 Å². The summed E-state index contributed by atoms with van der Waals surface area (Å²) in [7, 11) is 0. The minimum Gasteiger partial charge on any atom is -0.458 e. The third kappa shape index (κ3) is 2.92. The molecule has 0 atom stereocenters. The van der Waals surface area contributed by atoms with Crippen LogP contribution in [-0.2, 0) is 6.54 Å². The maximum absolute atomic E-state index is 13.9. The maximum Gasteiger partial charge on any atom is 0.152 e. The minimum absolute atomic E-state index is 0.149. The lowest BCUT2D eigenvalue weighted by molar-refractivity contribution is 0.232. The van der Waals surface area contributed by atoms with Gasteiger partial charge in [-0.15, -0.1) is 0 Å². The summed E-state index contributed by atoms with van der Waals surface area (Å²) in [5, 5.41) is 0. The van der Waals surface area contributed by atoms with E-state index in [0.717, 1.165) is 49.6 Å². The van der Waals surface area contributed by atoms with Gasteiger partial charge in [0.05, 0.1) is 12.2 Å². The van der Waals surface area contributed by atoms with Gasteiger partial charge in [0.2, 0.25) is 0 Å². The summed E-state index contributed by atoms with van der Waals surface area (Å²) in [6.07, 6.45) is 1.77. The van der Waals surface area contributed by atoms with E-state index >= 15 is 0 Å². The molecule has 23 heavy (non-hydrogen) atoms. The highest BCUT2D eigenvalue weighted by atomic mass is 19.1. The third-order valence-electron chi connectivity index (χ3n) is 4.28. The first kappa shape index (κ1) is 14.2. The zero-order valence-corrected chi connectivity index (χ0v) is 12.8. The van der Waals surface area contributed by atoms with E-state index in [1.54, 1.807) is 12.3 Å². The van der Waals surface area contributed by atoms with Crippen LogP contribution < -0.4 is 4.90 Å². The average Bonchev–Trinajstić information content (AvgIpc) is 2.98. The molecule has 1 aromatic carbocycles. The highest BCUT2D eigenvalue weighted by Crippen LogP contribution is 2.22. The van der Waals surface area contributed by atoms with E-state index in [0.29, 0.717) is 5.69 Å². The Balaban J connectivity index is 1.41. The number of nitrogens with zero attached hydrogens (tertiary/aromatic N) is 3. The number of para-hydroxylation sites is 1. The number of pyridine rings is 1. The van der Waals surface area contributed by atoms with E-state index < -0.39 is 0 Å². The molecule has 0 spiro atoms. The molecule has 0 radical (unpaired) electrons. The van der Waals surface area contributed by atoms with Crippen LogP contribution >= 0.6 is 0 Å². The molecule has 1 fully saturated rings. The van der Waals surface area contributed by atoms with Gasteiger partial charge in [-0.2, -0.15) is 0 Å². The van der Waals surface area contributed by atoms with E-state index in [1.807, 2.05) is 30.3 Å². The molecule has 3 heterocycles. The Labute approximate surface area is 134 Å². The van der Waals surface area contributed by atoms with Crippen molar-refractivity contribution in [2.45, 2.75) is 6.54 Å². The Bertz CT molecular complexity index is 776. The topological polar surface area (TPSA) is 32.5 Å². The van der Waals surface area contributed by atoms with Gasteiger partial charge in [-0.1, -0.05) is 12.1 Å². The number of rotatable bonds is 3. The molecule has 4 rings (SSSR count). The Morgan fingerprint density at radius 3 is 2.65 bits per heavy atom. The highest BCUT2D eigenvalue weighted by molar-refractivity contribution is 5.72. The lowest BCUT2D eigenvalue weighted by atomic mass is 10.2. The van der Waals surface area contributed by atoms with Crippen molar-refractivity contribution < 1.29 is 8.81 Å². The summed E-state index contributed by atoms with van der Waals surface area (Å²) >= 11 is 0. The molecule has 3 aromatic rings. The van der Waals surface area contributed by atoms with Crippen LogP contribution in [0.15, 0.2) is 53.1 Å². The van der Waals surface area contributed by atoms with E-state index in [1.165, 1.54) is 6.07 Å². The molecule has 2 aromatic heterocycles. The molecule has 0 N–H and O–H groups in total. The largest absolute Gasteiger partial charge is 0.458 e. The molecule has 0 unspecified atom stereocenters. The summed E-state index contributed by atoms with van der Waals surface area (Å²) in [4.78, 5) is 8.73. The van der Waals surface area contributed by atoms with Crippen LogP contribution in [0.3, 0.4) is 0 Å². The van der Waals surface area contributed by atoms with Crippen molar-refractivity contribution in [2.75, 3.05) is 31.1 Å². The molecular weight excluding hydrogens is 293 g/mol. The van der Waals surface area contributed by atoms with Gasteiger partial charge >= 0.3 is 0 Å². The Kier molecular flexibility index (Phi) is 3.71. The fourth-order valence-corrected chi connectivity index (χ4v) is 3.07. The first-order valence-corrected chi connectivity index (χ1v) is 7.85. The van der Waals surface area contributed by atoms with E-state index in [4.69, 9.17) is 4.42 Å². The van der Waals surface area contributed by atoms with Crippen molar-refractivity contribution in [3.05, 3.63) is 60.2 Å². The van der Waals surface area contributed by atoms with Gasteiger partial charge in [0.25, 0.3) is 0 Å². The van der Waals surface area contributed by atoms with Crippen LogP contribution in [0.25, 0.3) is 11.1 Å². The Morgan fingerprint density at radius 2 is 1.87 bits per heavy atom. The first-order valence-electron chi connectivity index (χ1n) is 7.85. The van der Waals surface area contributed by atoms with Crippen LogP contribution in [0.4, 0.5) is 10.1 Å². The predicted octanol–water partition coefficient (Wildman–Crippen LogP) is 3.29. The SMILES string of the molecule is Fc1ccccc1N1CCN(Cc2cc3ncccc3o2)CC1. The number of aromatic nitrogens is 1. The molecule has 1 saturated heterocycles. The molecule has 1 aliphatic heterocycles. The van der Waals surface area contributed by atoms with E-state index in [-0.39, 0.29) is 5.82 Å². The average molecular weight is 311 g/mol. The minimum atomic E-state index is -0.149. The van der Waals surface area contributed by atoms with Crippen molar-refractivity contribution in [1.29, 1.82) is 0 Å². The summed E-state index contributed by atoms with van der Waals surface area (Å²) in [5.41, 5.74) is 2.42. The number of halogens is 1. The van der Waals surface area contributed by atoms with Gasteiger partial charge in [0.1, 0.15) is 17.1 Å². The van der Waals surface area contributed by atoms with Crippen molar-refractivity contribution >= 4 is 16.8 Å². The quantitative estimate of drug-likeness (QED) is 0.743. The molecule has 0 saturated carbocycles. The summed E-state index contributed by atoms with van der Waals surface area (Å²) < 4.78 is 19.7. The number of anilines is 1. The zero-order chi connectivity index (χ0) is 15.6. The van der Waals surface area contributed by atoms with Gasteiger partial charge in [0.15, 0.2) is 5.58 Å². The monoisotopic (exact) mass is 311 g/mol. The van der Waals surface area contributed by atoms with Crippen molar-refractivity contribution in [2.24, 2.45) is 0 Å². The van der Waals surface area contributed by atoms with E-state index in [2.05, 4.69) is 14.8 Å². The first-order chi connectivity index (χ1) is 11.3. The van der Waals surface area contributed by atoms with Gasteiger partial charge in [-0.25, -0.2) is 4.39 Å². The Morgan fingerprint density at radius 1 is 1.04 bits per heavy atom. The smallest absolute Gasteiger partial charge is 0.152 e. The second kappa shape index (κ2) is 6.01. The summed E-state index contributed by atoms with van der Waals surface area (Å²) in [6, 6.07) is 12.8. The van der Waals surface area contributed by atoms with Crippen LogP contribution in [0, 0.1) is 5.82 Å². The fourth-order valence-electron chi connectivity index (χ4n) is 3.07. The highest BCUT2D eigenvalue weighted by Gasteiger charge is 2.20. The number of hydrogen-bond acceptors (Lipinski definition) is 4. The van der Waals surface area contributed by atoms with Gasteiger partial charge in [-0.05, 0) is 24.3 Å². The number of fused-ring (bicyclic) bond motifs is 1. The Hall–Kier alpha value is -2.40. The molecular formula is C18H18FN3O. The zero-order valence-electron chi connectivity index (χ0n) is 12.8. The van der Waals surface area contributed by atoms with Crippen LogP contribution in [-0.4, -0.2) is 36.1 Å². The molecule has 1 aliphatic rings. The molecule has 5 heteroatoms. The van der Waals surface area contributed by atoms with Crippen molar-refractivity contribution in [3.8, 4) is 0 Å². The van der Waals surface area contributed by atoms with Gasteiger partial charge < -0.3 is 9.32 Å². The van der Waals surface area contributed by atoms with Gasteiger partial charge in [0, 0.05) is 38.4 Å². The lowest BCUT2D eigenvalue weighted by Gasteiger charge is -2.35. The van der Waals surface area contributed by atoms with Crippen molar-refractivity contribution in [3.63, 3.8) is 0 Å². The predicted molar refractivity (Wildman–Crippen MR) is 87.9 cm³/mol. The van der Waals surface area contributed by atoms with Crippen LogP contribution in [0.1, 0.15) is 5.76 Å². The summed E-state index contributed by atoms with van der Waals surface area (Å²) in [5.74, 6) is 0.780. The normalized spacial score (nSPS) is 16.1. The summed E-state index contributed by atoms with van der Waals surface area (Å²) in [6.45, 7) is 4.18. The maximum atomic E-state index is 13.9. The molecule has 4 nitrogen and oxygen atoms in total. The molecule has 118 valence electrons. The fraction of sp³-hybridized carbons (Fsp3) is 0.278. The molecule has 0 bridgehead atoms. The number of hydrogen-bond donors (Lipinski definition) is 0. The lowest BCUT2D eigenvalue weighted by Crippen LogP contribution is -2.46. The number of furan rings is 1. The molecule has 0 aliphatic carbocycles. The standard InChI is InChI=1S/C18H18FN3O/c19-15-4-1-2-5-17(15)22-10-8-21(9-11-22)13-14-12-16-18(23-14)6-3-7-20-16/h1-7,12H,8-11,13H2. The third-order valence-corrected chi connectivity index (χ3v) is 4.28.